The van der Waals surface area contributed by atoms with Crippen LogP contribution in [0.15, 0.2) is 29.1 Å². The molecule has 7 heteroatoms. The first-order valence-corrected chi connectivity index (χ1v) is 10.0. The molecule has 1 aliphatic carbocycles. The van der Waals surface area contributed by atoms with E-state index in [1.807, 2.05) is 16.7 Å². The van der Waals surface area contributed by atoms with Crippen LogP contribution in [0, 0.1) is 0 Å². The second-order valence-electron chi connectivity index (χ2n) is 7.50. The third kappa shape index (κ3) is 3.88. The first-order valence-electron chi connectivity index (χ1n) is 10.0. The second-order valence-corrected chi connectivity index (χ2v) is 7.50. The lowest BCUT2D eigenvalue weighted by molar-refractivity contribution is 0.256. The SMILES string of the molecule is COc1ccccc1N1CCN(CCc2n[nH]c(=O)n2C2CCCC2)CC1. The Balaban J connectivity index is 1.33. The molecule has 0 amide bonds. The standard InChI is InChI=1S/C20H29N5O2/c1-27-18-9-5-4-8-17(18)24-14-12-23(13-15-24)11-10-19-21-22-20(26)25(19)16-6-2-3-7-16/h4-5,8-9,16H,2-3,6-7,10-15H2,1H3,(H,22,26). The molecule has 0 unspecified atom stereocenters. The molecule has 0 radical (unpaired) electrons. The zero-order chi connectivity index (χ0) is 18.6. The van der Waals surface area contributed by atoms with Crippen molar-refractivity contribution >= 4 is 5.69 Å². The van der Waals surface area contributed by atoms with Crippen LogP contribution in [0.25, 0.3) is 0 Å². The summed E-state index contributed by atoms with van der Waals surface area (Å²) in [5.41, 5.74) is 1.12. The first kappa shape index (κ1) is 18.1. The Morgan fingerprint density at radius 3 is 2.63 bits per heavy atom. The minimum Gasteiger partial charge on any atom is -0.495 e. The van der Waals surface area contributed by atoms with Gasteiger partial charge in [-0.15, -0.1) is 0 Å². The van der Waals surface area contributed by atoms with Gasteiger partial charge in [-0.2, -0.15) is 5.10 Å². The second kappa shape index (κ2) is 8.17. The highest BCUT2D eigenvalue weighted by Gasteiger charge is 2.24. The number of piperazine rings is 1. The number of rotatable bonds is 6. The molecular weight excluding hydrogens is 342 g/mol. The molecule has 0 atom stereocenters. The molecule has 0 spiro atoms. The number of aromatic amines is 1. The third-order valence-electron chi connectivity index (χ3n) is 5.92. The van der Waals surface area contributed by atoms with E-state index >= 15 is 0 Å². The van der Waals surface area contributed by atoms with Crippen molar-refractivity contribution in [2.45, 2.75) is 38.1 Å². The van der Waals surface area contributed by atoms with Crippen molar-refractivity contribution in [2.75, 3.05) is 44.7 Å². The van der Waals surface area contributed by atoms with Gasteiger partial charge in [-0.1, -0.05) is 25.0 Å². The number of H-pyrrole nitrogens is 1. The van der Waals surface area contributed by atoms with Crippen LogP contribution in [0.1, 0.15) is 37.5 Å². The molecule has 1 aromatic carbocycles. The van der Waals surface area contributed by atoms with Crippen molar-refractivity contribution in [1.82, 2.24) is 19.7 Å². The Bertz CT molecular complexity index is 801. The van der Waals surface area contributed by atoms with Gasteiger partial charge in [-0.25, -0.2) is 9.89 Å². The summed E-state index contributed by atoms with van der Waals surface area (Å²) in [7, 11) is 1.73. The summed E-state index contributed by atoms with van der Waals surface area (Å²) >= 11 is 0. The van der Waals surface area contributed by atoms with Crippen LogP contribution in [0.3, 0.4) is 0 Å². The Labute approximate surface area is 159 Å². The Kier molecular flexibility index (Phi) is 5.48. The molecule has 4 rings (SSSR count). The Morgan fingerprint density at radius 2 is 1.89 bits per heavy atom. The highest BCUT2D eigenvalue weighted by Crippen LogP contribution is 2.29. The van der Waals surface area contributed by atoms with Crippen LogP contribution in [-0.4, -0.2) is 59.5 Å². The molecule has 1 saturated carbocycles. The van der Waals surface area contributed by atoms with E-state index in [1.54, 1.807) is 7.11 Å². The van der Waals surface area contributed by atoms with Gasteiger partial charge in [0.05, 0.1) is 12.8 Å². The summed E-state index contributed by atoms with van der Waals surface area (Å²) in [6.45, 7) is 4.93. The lowest BCUT2D eigenvalue weighted by Crippen LogP contribution is -2.47. The molecule has 0 bridgehead atoms. The van der Waals surface area contributed by atoms with Crippen LogP contribution in [0.5, 0.6) is 5.75 Å². The van der Waals surface area contributed by atoms with Gasteiger partial charge in [-0.05, 0) is 25.0 Å². The van der Waals surface area contributed by atoms with E-state index < -0.39 is 0 Å². The van der Waals surface area contributed by atoms with Crippen molar-refractivity contribution in [3.8, 4) is 5.75 Å². The lowest BCUT2D eigenvalue weighted by Gasteiger charge is -2.36. The fourth-order valence-electron chi connectivity index (χ4n) is 4.41. The molecule has 2 aliphatic rings. The maximum Gasteiger partial charge on any atom is 0.343 e. The normalized spacial score (nSPS) is 18.9. The highest BCUT2D eigenvalue weighted by molar-refractivity contribution is 5.58. The van der Waals surface area contributed by atoms with E-state index in [9.17, 15) is 4.79 Å². The zero-order valence-corrected chi connectivity index (χ0v) is 16.1. The molecule has 1 aliphatic heterocycles. The van der Waals surface area contributed by atoms with Gasteiger partial charge in [0.2, 0.25) is 0 Å². The van der Waals surface area contributed by atoms with Gasteiger partial charge < -0.3 is 9.64 Å². The van der Waals surface area contributed by atoms with E-state index in [-0.39, 0.29) is 5.69 Å². The van der Waals surface area contributed by atoms with Gasteiger partial charge in [0.15, 0.2) is 0 Å². The summed E-state index contributed by atoms with van der Waals surface area (Å²) in [5.74, 6) is 1.85. The van der Waals surface area contributed by atoms with Crippen molar-refractivity contribution in [3.05, 3.63) is 40.6 Å². The average Bonchev–Trinajstić information content (AvgIpc) is 3.36. The number of ether oxygens (including phenoxy) is 1. The summed E-state index contributed by atoms with van der Waals surface area (Å²) in [4.78, 5) is 17.0. The number of para-hydroxylation sites is 2. The van der Waals surface area contributed by atoms with Crippen molar-refractivity contribution in [2.24, 2.45) is 0 Å². The maximum atomic E-state index is 12.2. The third-order valence-corrected chi connectivity index (χ3v) is 5.92. The summed E-state index contributed by atoms with van der Waals surface area (Å²) in [5, 5.41) is 6.96. The predicted octanol–water partition coefficient (Wildman–Crippen LogP) is 2.06. The van der Waals surface area contributed by atoms with Gasteiger partial charge in [0.1, 0.15) is 11.6 Å². The summed E-state index contributed by atoms with van der Waals surface area (Å²) in [6.07, 6.45) is 5.46. The number of hydrogen-bond acceptors (Lipinski definition) is 5. The largest absolute Gasteiger partial charge is 0.495 e. The minimum absolute atomic E-state index is 0.0436. The van der Waals surface area contributed by atoms with E-state index in [0.29, 0.717) is 6.04 Å². The number of benzene rings is 1. The van der Waals surface area contributed by atoms with Crippen LogP contribution < -0.4 is 15.3 Å². The molecule has 1 saturated heterocycles. The number of anilines is 1. The van der Waals surface area contributed by atoms with Gasteiger partial charge >= 0.3 is 5.69 Å². The van der Waals surface area contributed by atoms with E-state index in [2.05, 4.69) is 32.1 Å². The molecule has 27 heavy (non-hydrogen) atoms. The molecular formula is C20H29N5O2. The van der Waals surface area contributed by atoms with Crippen LogP contribution in [0.2, 0.25) is 0 Å². The molecule has 2 fully saturated rings. The van der Waals surface area contributed by atoms with Crippen LogP contribution >= 0.6 is 0 Å². The number of nitrogens with zero attached hydrogens (tertiary/aromatic N) is 4. The number of aromatic nitrogens is 3. The van der Waals surface area contributed by atoms with Crippen molar-refractivity contribution < 1.29 is 4.74 Å². The fourth-order valence-corrected chi connectivity index (χ4v) is 4.41. The molecule has 7 nitrogen and oxygen atoms in total. The smallest absolute Gasteiger partial charge is 0.343 e. The predicted molar refractivity (Wildman–Crippen MR) is 106 cm³/mol. The molecule has 1 N–H and O–H groups in total. The fraction of sp³-hybridized carbons (Fsp3) is 0.600. The van der Waals surface area contributed by atoms with E-state index in [4.69, 9.17) is 4.74 Å². The molecule has 2 aromatic rings. The van der Waals surface area contributed by atoms with Crippen LogP contribution in [-0.2, 0) is 6.42 Å². The van der Waals surface area contributed by atoms with E-state index in [0.717, 1.165) is 63.6 Å². The van der Waals surface area contributed by atoms with Gasteiger partial charge in [0.25, 0.3) is 0 Å². The van der Waals surface area contributed by atoms with Crippen molar-refractivity contribution in [1.29, 1.82) is 0 Å². The van der Waals surface area contributed by atoms with Crippen LogP contribution in [0.4, 0.5) is 5.69 Å². The number of hydrogen-bond donors (Lipinski definition) is 1. The van der Waals surface area contributed by atoms with Crippen molar-refractivity contribution in [3.63, 3.8) is 0 Å². The summed E-state index contributed by atoms with van der Waals surface area (Å²) in [6, 6.07) is 8.55. The first-order chi connectivity index (χ1) is 13.3. The molecule has 1 aromatic heterocycles. The topological polar surface area (TPSA) is 66.4 Å². The van der Waals surface area contributed by atoms with E-state index in [1.165, 1.54) is 18.5 Å². The summed E-state index contributed by atoms with van der Waals surface area (Å²) < 4.78 is 7.41. The monoisotopic (exact) mass is 371 g/mol. The Morgan fingerprint density at radius 1 is 1.15 bits per heavy atom. The lowest BCUT2D eigenvalue weighted by atomic mass is 10.2. The quantitative estimate of drug-likeness (QED) is 0.842. The Hall–Kier alpha value is -2.28. The number of methoxy groups -OCH3 is 1. The van der Waals surface area contributed by atoms with Gasteiger partial charge in [-0.3, -0.25) is 9.47 Å². The highest BCUT2D eigenvalue weighted by atomic mass is 16.5. The molecule has 2 heterocycles. The zero-order valence-electron chi connectivity index (χ0n) is 16.1. The van der Waals surface area contributed by atoms with Gasteiger partial charge in [0, 0.05) is 45.2 Å². The maximum absolute atomic E-state index is 12.2. The average molecular weight is 371 g/mol. The minimum atomic E-state index is -0.0436. The number of nitrogens with one attached hydrogen (secondary N) is 1. The molecule has 146 valence electrons.